The predicted molar refractivity (Wildman–Crippen MR) is 40.4 cm³/mol. The van der Waals surface area contributed by atoms with Crippen molar-refractivity contribution in [1.82, 2.24) is 0 Å². The molecule has 0 saturated heterocycles. The van der Waals surface area contributed by atoms with E-state index in [4.69, 9.17) is 5.26 Å². The van der Waals surface area contributed by atoms with E-state index in [0.29, 0.717) is 6.42 Å². The molecule has 3 nitrogen and oxygen atoms in total. The molecule has 1 unspecified atom stereocenters. The molecule has 0 saturated carbocycles. The number of carbonyl (C=O) groups excluding carboxylic acids is 1. The second kappa shape index (κ2) is 5.72. The molecule has 1 atom stereocenters. The van der Waals surface area contributed by atoms with E-state index in [1.807, 2.05) is 13.0 Å². The molecule has 0 spiro atoms. The first kappa shape index (κ1) is 9.96. The van der Waals surface area contributed by atoms with E-state index in [1.54, 1.807) is 0 Å². The summed E-state index contributed by atoms with van der Waals surface area (Å²) in [5.41, 5.74) is 0. The van der Waals surface area contributed by atoms with E-state index >= 15 is 0 Å². The smallest absolute Gasteiger partial charge is 0.307 e. The molecule has 0 aliphatic heterocycles. The lowest BCUT2D eigenvalue weighted by Gasteiger charge is -2.06. The van der Waals surface area contributed by atoms with Gasteiger partial charge in [-0.25, -0.2) is 0 Å². The molecule has 0 heterocycles. The first-order valence-electron chi connectivity index (χ1n) is 3.63. The fourth-order valence-electron chi connectivity index (χ4n) is 0.698. The third kappa shape index (κ3) is 5.41. The van der Waals surface area contributed by atoms with Crippen LogP contribution < -0.4 is 0 Å². The number of nitrogens with zero attached hydrogens (tertiary/aromatic N) is 1. The fourth-order valence-corrected chi connectivity index (χ4v) is 0.698. The molecular weight excluding hydrogens is 142 g/mol. The summed E-state index contributed by atoms with van der Waals surface area (Å²) in [6.07, 6.45) is 1.88. The molecule has 61 valence electrons. The minimum absolute atomic E-state index is 0.605. The summed E-state index contributed by atoms with van der Waals surface area (Å²) < 4.78 is 4.59. The van der Waals surface area contributed by atoms with Gasteiger partial charge in [-0.05, 0) is 12.8 Å². The van der Waals surface area contributed by atoms with Crippen LogP contribution in [0.1, 0.15) is 26.2 Å². The summed E-state index contributed by atoms with van der Waals surface area (Å²) >= 11 is 0. The standard InChI is InChI=1S/C8H12NO2/c1-3-4-5-8(6-9)11-7(2)10/h8H,2-5H2,1H3. The molecule has 0 bridgehead atoms. The molecule has 0 N–H and O–H groups in total. The zero-order chi connectivity index (χ0) is 8.69. The van der Waals surface area contributed by atoms with E-state index in [9.17, 15) is 4.79 Å². The van der Waals surface area contributed by atoms with Crippen LogP contribution >= 0.6 is 0 Å². The molecule has 0 aromatic heterocycles. The zero-order valence-corrected chi connectivity index (χ0v) is 6.67. The van der Waals surface area contributed by atoms with Crippen molar-refractivity contribution in [1.29, 1.82) is 5.26 Å². The number of unbranched alkanes of at least 4 members (excludes halogenated alkanes) is 1. The third-order valence-electron chi connectivity index (χ3n) is 1.24. The maximum Gasteiger partial charge on any atom is 0.307 e. The third-order valence-corrected chi connectivity index (χ3v) is 1.24. The van der Waals surface area contributed by atoms with Gasteiger partial charge in [0.1, 0.15) is 6.07 Å². The van der Waals surface area contributed by atoms with Gasteiger partial charge in [0.2, 0.25) is 0 Å². The topological polar surface area (TPSA) is 50.1 Å². The lowest BCUT2D eigenvalue weighted by Crippen LogP contribution is -2.13. The van der Waals surface area contributed by atoms with Gasteiger partial charge in [0.15, 0.2) is 6.10 Å². The van der Waals surface area contributed by atoms with Gasteiger partial charge in [0.05, 0.1) is 6.92 Å². The predicted octanol–water partition coefficient (Wildman–Crippen LogP) is 1.45. The molecule has 0 aromatic rings. The highest BCUT2D eigenvalue weighted by Gasteiger charge is 2.08. The van der Waals surface area contributed by atoms with Gasteiger partial charge in [-0.1, -0.05) is 13.3 Å². The van der Waals surface area contributed by atoms with Crippen molar-refractivity contribution in [2.75, 3.05) is 0 Å². The monoisotopic (exact) mass is 154 g/mol. The Labute approximate surface area is 67.0 Å². The van der Waals surface area contributed by atoms with Gasteiger partial charge in [0, 0.05) is 0 Å². The van der Waals surface area contributed by atoms with Crippen molar-refractivity contribution in [3.8, 4) is 6.07 Å². The first-order valence-corrected chi connectivity index (χ1v) is 3.63. The lowest BCUT2D eigenvalue weighted by atomic mass is 10.2. The second-order valence-corrected chi connectivity index (χ2v) is 2.25. The first-order chi connectivity index (χ1) is 5.20. The Kier molecular flexibility index (Phi) is 5.18. The van der Waals surface area contributed by atoms with E-state index in [1.165, 1.54) is 0 Å². The summed E-state index contributed by atoms with van der Waals surface area (Å²) in [6, 6.07) is 1.89. The summed E-state index contributed by atoms with van der Waals surface area (Å²) in [5, 5.41) is 8.45. The van der Waals surface area contributed by atoms with Crippen molar-refractivity contribution in [2.45, 2.75) is 32.3 Å². The van der Waals surface area contributed by atoms with Gasteiger partial charge in [0.25, 0.3) is 0 Å². The molecule has 0 aliphatic rings. The van der Waals surface area contributed by atoms with Crippen molar-refractivity contribution in [3.05, 3.63) is 6.92 Å². The number of hydrogen-bond donors (Lipinski definition) is 0. The molecule has 0 aromatic carbocycles. The van der Waals surface area contributed by atoms with Crippen LogP contribution in [0.5, 0.6) is 0 Å². The summed E-state index contributed by atoms with van der Waals surface area (Å²) in [4.78, 5) is 10.3. The van der Waals surface area contributed by atoms with Gasteiger partial charge >= 0.3 is 5.97 Å². The molecule has 1 radical (unpaired) electrons. The minimum atomic E-state index is -0.632. The molecule has 0 fully saturated rings. The van der Waals surface area contributed by atoms with E-state index in [0.717, 1.165) is 12.8 Å². The van der Waals surface area contributed by atoms with Gasteiger partial charge in [-0.15, -0.1) is 0 Å². The molecular formula is C8H12NO2. The van der Waals surface area contributed by atoms with Gasteiger partial charge in [-0.3, -0.25) is 4.79 Å². The lowest BCUT2D eigenvalue weighted by molar-refractivity contribution is -0.141. The van der Waals surface area contributed by atoms with Crippen LogP contribution in [0.15, 0.2) is 0 Å². The minimum Gasteiger partial charge on any atom is -0.447 e. The van der Waals surface area contributed by atoms with Gasteiger partial charge in [-0.2, -0.15) is 5.26 Å². The molecule has 0 rings (SSSR count). The van der Waals surface area contributed by atoms with E-state index in [-0.39, 0.29) is 0 Å². The van der Waals surface area contributed by atoms with Crippen LogP contribution in [-0.4, -0.2) is 12.1 Å². The maximum atomic E-state index is 10.3. The van der Waals surface area contributed by atoms with Crippen molar-refractivity contribution in [3.63, 3.8) is 0 Å². The average molecular weight is 154 g/mol. The molecule has 3 heteroatoms. The highest BCUT2D eigenvalue weighted by Crippen LogP contribution is 2.03. The van der Waals surface area contributed by atoms with Crippen molar-refractivity contribution in [2.24, 2.45) is 0 Å². The van der Waals surface area contributed by atoms with Crippen LogP contribution in [0.3, 0.4) is 0 Å². The summed E-state index contributed by atoms with van der Waals surface area (Å²) in [6.45, 7) is 5.04. The molecule has 0 aliphatic carbocycles. The van der Waals surface area contributed by atoms with Crippen LogP contribution in [0.25, 0.3) is 0 Å². The largest absolute Gasteiger partial charge is 0.447 e. The summed E-state index contributed by atoms with van der Waals surface area (Å²) in [7, 11) is 0. The average Bonchev–Trinajstić information content (AvgIpc) is 1.97. The normalized spacial score (nSPS) is 11.7. The maximum absolute atomic E-state index is 10.3. The Morgan fingerprint density at radius 2 is 2.45 bits per heavy atom. The number of esters is 1. The van der Waals surface area contributed by atoms with Crippen LogP contribution in [0.4, 0.5) is 0 Å². The number of rotatable bonds is 4. The van der Waals surface area contributed by atoms with Gasteiger partial charge < -0.3 is 4.74 Å². The SMILES string of the molecule is [CH2]C(=O)OC(C#N)CCCC. The molecule has 11 heavy (non-hydrogen) atoms. The number of hydrogen-bond acceptors (Lipinski definition) is 3. The fraction of sp³-hybridized carbons (Fsp3) is 0.625. The molecule has 0 amide bonds. The Morgan fingerprint density at radius 3 is 2.82 bits per heavy atom. The van der Waals surface area contributed by atoms with Crippen molar-refractivity contribution >= 4 is 5.97 Å². The second-order valence-electron chi connectivity index (χ2n) is 2.25. The Balaban J connectivity index is 3.60. The zero-order valence-electron chi connectivity index (χ0n) is 6.67. The number of nitriles is 1. The Hall–Kier alpha value is -1.04. The van der Waals surface area contributed by atoms with Crippen LogP contribution in [-0.2, 0) is 9.53 Å². The highest BCUT2D eigenvalue weighted by molar-refractivity contribution is 5.74. The van der Waals surface area contributed by atoms with Crippen LogP contribution in [0, 0.1) is 18.3 Å². The number of ether oxygens (including phenoxy) is 1. The van der Waals surface area contributed by atoms with E-state index in [2.05, 4.69) is 11.7 Å². The Bertz CT molecular complexity index is 160. The number of carbonyl (C=O) groups is 1. The van der Waals surface area contributed by atoms with E-state index < -0.39 is 12.1 Å². The van der Waals surface area contributed by atoms with Crippen LogP contribution in [0.2, 0.25) is 0 Å². The quantitative estimate of drug-likeness (QED) is 0.576. The highest BCUT2D eigenvalue weighted by atomic mass is 16.5. The summed E-state index contributed by atoms with van der Waals surface area (Å²) in [5.74, 6) is -0.632. The Morgan fingerprint density at radius 1 is 1.82 bits per heavy atom. The van der Waals surface area contributed by atoms with Crippen molar-refractivity contribution < 1.29 is 9.53 Å².